The molecule has 3 nitrogen and oxygen atoms in total. The average molecular weight is 352 g/mol. The number of thiophene rings is 1. The van der Waals surface area contributed by atoms with Crippen LogP contribution in [0, 0.1) is 0 Å². The zero-order valence-electron chi connectivity index (χ0n) is 11.5. The molecule has 106 valence electrons. The van der Waals surface area contributed by atoms with Crippen molar-refractivity contribution in [3.05, 3.63) is 44.7 Å². The van der Waals surface area contributed by atoms with Crippen LogP contribution in [0.25, 0.3) is 0 Å². The minimum absolute atomic E-state index is 0.745. The summed E-state index contributed by atoms with van der Waals surface area (Å²) in [4.78, 5) is 6.73. The van der Waals surface area contributed by atoms with Crippen LogP contribution < -0.4 is 10.2 Å². The molecule has 1 fully saturated rings. The largest absolute Gasteiger partial charge is 0.355 e. The first kappa shape index (κ1) is 14.0. The van der Waals surface area contributed by atoms with Gasteiger partial charge in [-0.3, -0.25) is 0 Å². The molecule has 1 aliphatic rings. The van der Waals surface area contributed by atoms with Crippen LogP contribution in [0.5, 0.6) is 0 Å². The quantitative estimate of drug-likeness (QED) is 0.857. The second-order valence-electron chi connectivity index (χ2n) is 5.29. The lowest BCUT2D eigenvalue weighted by molar-refractivity contribution is 0.685. The summed E-state index contributed by atoms with van der Waals surface area (Å²) < 4.78 is 1.18. The van der Waals surface area contributed by atoms with Gasteiger partial charge in [-0.15, -0.1) is 11.3 Å². The molecule has 0 bridgehead atoms. The van der Waals surface area contributed by atoms with E-state index in [1.807, 2.05) is 6.20 Å². The number of hydrogen-bond acceptors (Lipinski definition) is 4. The summed E-state index contributed by atoms with van der Waals surface area (Å²) in [7, 11) is 2.08. The summed E-state index contributed by atoms with van der Waals surface area (Å²) in [5.74, 6) is 1.02. The molecule has 0 saturated heterocycles. The molecule has 1 aliphatic carbocycles. The molecule has 5 heteroatoms. The van der Waals surface area contributed by atoms with Crippen LogP contribution in [0.2, 0.25) is 0 Å². The smallest absolute Gasteiger partial charge is 0.128 e. The van der Waals surface area contributed by atoms with Crippen molar-refractivity contribution in [2.24, 2.45) is 0 Å². The van der Waals surface area contributed by atoms with E-state index < -0.39 is 0 Å². The Labute approximate surface area is 132 Å². The maximum absolute atomic E-state index is 4.56. The first-order valence-corrected chi connectivity index (χ1v) is 8.50. The fourth-order valence-corrected chi connectivity index (χ4v) is 3.28. The molecule has 2 heterocycles. The lowest BCUT2D eigenvalue weighted by atomic mass is 10.2. The van der Waals surface area contributed by atoms with E-state index in [9.17, 15) is 0 Å². The van der Waals surface area contributed by atoms with Crippen LogP contribution in [0.1, 0.15) is 24.0 Å². The monoisotopic (exact) mass is 351 g/mol. The van der Waals surface area contributed by atoms with Gasteiger partial charge in [-0.2, -0.15) is 0 Å². The predicted molar refractivity (Wildman–Crippen MR) is 88.2 cm³/mol. The highest BCUT2D eigenvalue weighted by atomic mass is 79.9. The second kappa shape index (κ2) is 6.24. The van der Waals surface area contributed by atoms with Gasteiger partial charge in [-0.05, 0) is 57.4 Å². The highest BCUT2D eigenvalue weighted by molar-refractivity contribution is 9.11. The summed E-state index contributed by atoms with van der Waals surface area (Å²) in [5.41, 5.74) is 2.57. The molecule has 0 radical (unpaired) electrons. The standard InChI is InChI=1S/C15H18BrN3S/c1-19(9-12-6-14(16)20-10-12)15-5-2-11(8-18-15)7-17-13-3-4-13/h2,5-6,8,10,13,17H,3-4,7,9H2,1H3. The third-order valence-corrected chi connectivity index (χ3v) is 4.97. The Morgan fingerprint density at radius 1 is 1.40 bits per heavy atom. The van der Waals surface area contributed by atoms with E-state index in [4.69, 9.17) is 0 Å². The van der Waals surface area contributed by atoms with Gasteiger partial charge in [-0.1, -0.05) is 6.07 Å². The Hall–Kier alpha value is -0.910. The second-order valence-corrected chi connectivity index (χ2v) is 7.59. The number of rotatable bonds is 6. The van der Waals surface area contributed by atoms with Gasteiger partial charge < -0.3 is 10.2 Å². The summed E-state index contributed by atoms with van der Waals surface area (Å²) in [6, 6.07) is 7.17. The van der Waals surface area contributed by atoms with Crippen LogP contribution >= 0.6 is 27.3 Å². The fraction of sp³-hybridized carbons (Fsp3) is 0.400. The molecule has 20 heavy (non-hydrogen) atoms. The van der Waals surface area contributed by atoms with Gasteiger partial charge in [0.25, 0.3) is 0 Å². The number of nitrogens with one attached hydrogen (secondary N) is 1. The van der Waals surface area contributed by atoms with E-state index in [2.05, 4.69) is 61.8 Å². The molecule has 2 aromatic heterocycles. The van der Waals surface area contributed by atoms with Crippen LogP contribution in [-0.4, -0.2) is 18.1 Å². The van der Waals surface area contributed by atoms with Gasteiger partial charge in [0, 0.05) is 32.4 Å². The summed E-state index contributed by atoms with van der Waals surface area (Å²) in [6.07, 6.45) is 4.62. The normalized spacial score (nSPS) is 14.5. The lowest BCUT2D eigenvalue weighted by Gasteiger charge is -2.17. The zero-order valence-corrected chi connectivity index (χ0v) is 13.9. The van der Waals surface area contributed by atoms with E-state index in [-0.39, 0.29) is 0 Å². The maximum Gasteiger partial charge on any atom is 0.128 e. The van der Waals surface area contributed by atoms with Crippen molar-refractivity contribution in [2.45, 2.75) is 32.0 Å². The van der Waals surface area contributed by atoms with E-state index in [0.717, 1.165) is 24.9 Å². The molecule has 3 rings (SSSR count). The Kier molecular flexibility index (Phi) is 4.38. The molecule has 0 aromatic carbocycles. The van der Waals surface area contributed by atoms with Gasteiger partial charge in [0.05, 0.1) is 3.79 Å². The zero-order chi connectivity index (χ0) is 13.9. The lowest BCUT2D eigenvalue weighted by Crippen LogP contribution is -2.18. The van der Waals surface area contributed by atoms with Crippen molar-refractivity contribution in [3.63, 3.8) is 0 Å². The summed E-state index contributed by atoms with van der Waals surface area (Å²) in [6.45, 7) is 1.81. The SMILES string of the molecule is CN(Cc1csc(Br)c1)c1ccc(CNC2CC2)cn1. The minimum atomic E-state index is 0.745. The molecule has 0 atom stereocenters. The molecule has 1 N–H and O–H groups in total. The highest BCUT2D eigenvalue weighted by Gasteiger charge is 2.19. The highest BCUT2D eigenvalue weighted by Crippen LogP contribution is 2.23. The van der Waals surface area contributed by atoms with Gasteiger partial charge in [-0.25, -0.2) is 4.98 Å². The molecule has 0 amide bonds. The van der Waals surface area contributed by atoms with Gasteiger partial charge >= 0.3 is 0 Å². The molecule has 1 saturated carbocycles. The first-order chi connectivity index (χ1) is 9.70. The van der Waals surface area contributed by atoms with Crippen molar-refractivity contribution in [1.29, 1.82) is 0 Å². The Morgan fingerprint density at radius 2 is 2.25 bits per heavy atom. The summed E-state index contributed by atoms with van der Waals surface area (Å²) in [5, 5.41) is 5.68. The first-order valence-electron chi connectivity index (χ1n) is 6.83. The Bertz CT molecular complexity index is 563. The molecule has 0 spiro atoms. The van der Waals surface area contributed by atoms with E-state index in [1.54, 1.807) is 11.3 Å². The molecular formula is C15H18BrN3S. The average Bonchev–Trinajstić information content (AvgIpc) is 3.20. The number of hydrogen-bond donors (Lipinski definition) is 1. The summed E-state index contributed by atoms with van der Waals surface area (Å²) >= 11 is 5.22. The third-order valence-electron chi connectivity index (χ3n) is 3.41. The van der Waals surface area contributed by atoms with Crippen molar-refractivity contribution in [3.8, 4) is 0 Å². The van der Waals surface area contributed by atoms with Crippen LogP contribution in [0.4, 0.5) is 5.82 Å². The maximum atomic E-state index is 4.56. The van der Waals surface area contributed by atoms with Gasteiger partial charge in [0.2, 0.25) is 0 Å². The molecule has 0 aliphatic heterocycles. The predicted octanol–water partition coefficient (Wildman–Crippen LogP) is 3.79. The van der Waals surface area contributed by atoms with E-state index in [1.165, 1.54) is 27.8 Å². The minimum Gasteiger partial charge on any atom is -0.355 e. The fourth-order valence-electron chi connectivity index (χ4n) is 2.08. The Morgan fingerprint density at radius 3 is 2.85 bits per heavy atom. The van der Waals surface area contributed by atoms with Crippen LogP contribution in [0.15, 0.2) is 33.6 Å². The van der Waals surface area contributed by atoms with E-state index in [0.29, 0.717) is 0 Å². The number of aromatic nitrogens is 1. The van der Waals surface area contributed by atoms with Crippen LogP contribution in [-0.2, 0) is 13.1 Å². The molecular weight excluding hydrogens is 334 g/mol. The topological polar surface area (TPSA) is 28.2 Å². The van der Waals surface area contributed by atoms with Crippen molar-refractivity contribution >= 4 is 33.1 Å². The van der Waals surface area contributed by atoms with Gasteiger partial charge in [0.1, 0.15) is 5.82 Å². The van der Waals surface area contributed by atoms with Crippen molar-refractivity contribution < 1.29 is 0 Å². The number of nitrogens with zero attached hydrogens (tertiary/aromatic N) is 2. The number of halogens is 1. The van der Waals surface area contributed by atoms with Crippen molar-refractivity contribution in [2.75, 3.05) is 11.9 Å². The Balaban J connectivity index is 1.57. The molecule has 0 unspecified atom stereocenters. The number of anilines is 1. The third kappa shape index (κ3) is 3.81. The van der Waals surface area contributed by atoms with Crippen LogP contribution in [0.3, 0.4) is 0 Å². The van der Waals surface area contributed by atoms with Gasteiger partial charge in [0.15, 0.2) is 0 Å². The van der Waals surface area contributed by atoms with Crippen molar-refractivity contribution in [1.82, 2.24) is 10.3 Å². The van der Waals surface area contributed by atoms with E-state index >= 15 is 0 Å². The number of pyridine rings is 1. The molecule has 2 aromatic rings.